The van der Waals surface area contributed by atoms with Gasteiger partial charge in [-0.05, 0) is 25.7 Å². The van der Waals surface area contributed by atoms with E-state index in [-0.39, 0.29) is 12.3 Å². The zero-order chi connectivity index (χ0) is 14.5. The van der Waals surface area contributed by atoms with Gasteiger partial charge in [0.15, 0.2) is 0 Å². The Morgan fingerprint density at radius 1 is 1.00 bits per heavy atom. The van der Waals surface area contributed by atoms with Gasteiger partial charge in [0.05, 0.1) is 6.61 Å². The molecule has 0 saturated carbocycles. The molecule has 0 aromatic rings. The quantitative estimate of drug-likeness (QED) is 0.300. The van der Waals surface area contributed by atoms with Crippen LogP contribution in [0.4, 0.5) is 0 Å². The van der Waals surface area contributed by atoms with E-state index in [2.05, 4.69) is 15.9 Å². The van der Waals surface area contributed by atoms with Crippen molar-refractivity contribution in [2.75, 3.05) is 11.9 Å². The van der Waals surface area contributed by atoms with E-state index < -0.39 is 0 Å². The predicted molar refractivity (Wildman–Crippen MR) is 85.0 cm³/mol. The second-order valence-corrected chi connectivity index (χ2v) is 6.35. The molecule has 0 N–H and O–H groups in total. The molecule has 1 aliphatic rings. The summed E-state index contributed by atoms with van der Waals surface area (Å²) >= 11 is 3.45. The molecule has 1 aliphatic heterocycles. The molecule has 0 aromatic heterocycles. The van der Waals surface area contributed by atoms with Crippen LogP contribution < -0.4 is 0 Å². The highest BCUT2D eigenvalue weighted by Crippen LogP contribution is 2.15. The van der Waals surface area contributed by atoms with Crippen LogP contribution in [0, 0.1) is 0 Å². The number of hydrogen-bond donors (Lipinski definition) is 0. The monoisotopic (exact) mass is 348 g/mol. The fourth-order valence-electron chi connectivity index (χ4n) is 2.43. The lowest BCUT2D eigenvalue weighted by molar-refractivity contribution is -0.186. The SMILES string of the molecule is O=C(CCCCCCCCCCBr)OC1CCCCO1. The summed E-state index contributed by atoms with van der Waals surface area (Å²) in [6.07, 6.45) is 13.2. The number of alkyl halides is 1. The molecule has 4 heteroatoms. The Balaban J connectivity index is 1.84. The normalized spacial score (nSPS) is 18.9. The molecule has 0 radical (unpaired) electrons. The maximum Gasteiger partial charge on any atom is 0.308 e. The molecule has 0 aliphatic carbocycles. The third-order valence-electron chi connectivity index (χ3n) is 3.67. The van der Waals surface area contributed by atoms with Crippen molar-refractivity contribution in [1.82, 2.24) is 0 Å². The summed E-state index contributed by atoms with van der Waals surface area (Å²) in [5, 5.41) is 1.12. The van der Waals surface area contributed by atoms with E-state index in [4.69, 9.17) is 9.47 Å². The van der Waals surface area contributed by atoms with E-state index in [1.54, 1.807) is 0 Å². The van der Waals surface area contributed by atoms with Gasteiger partial charge in [-0.15, -0.1) is 0 Å². The maximum absolute atomic E-state index is 11.6. The van der Waals surface area contributed by atoms with Gasteiger partial charge < -0.3 is 9.47 Å². The smallest absolute Gasteiger partial charge is 0.308 e. The van der Waals surface area contributed by atoms with Crippen LogP contribution in [0.5, 0.6) is 0 Å². The second kappa shape index (κ2) is 12.6. The van der Waals surface area contributed by atoms with Crippen LogP contribution in [-0.2, 0) is 14.3 Å². The molecule has 1 saturated heterocycles. The van der Waals surface area contributed by atoms with Gasteiger partial charge in [-0.25, -0.2) is 0 Å². The molecule has 20 heavy (non-hydrogen) atoms. The van der Waals surface area contributed by atoms with Crippen molar-refractivity contribution in [2.24, 2.45) is 0 Å². The summed E-state index contributed by atoms with van der Waals surface area (Å²) in [6, 6.07) is 0. The van der Waals surface area contributed by atoms with E-state index >= 15 is 0 Å². The third kappa shape index (κ3) is 9.76. The molecule has 0 spiro atoms. The molecule has 1 unspecified atom stereocenters. The molecule has 118 valence electrons. The molecule has 3 nitrogen and oxygen atoms in total. The zero-order valence-electron chi connectivity index (χ0n) is 12.6. The molecule has 0 bridgehead atoms. The molecule has 0 amide bonds. The molecule has 1 rings (SSSR count). The summed E-state index contributed by atoms with van der Waals surface area (Å²) in [5.41, 5.74) is 0. The van der Waals surface area contributed by atoms with Gasteiger partial charge in [0.1, 0.15) is 0 Å². The van der Waals surface area contributed by atoms with Crippen LogP contribution >= 0.6 is 15.9 Å². The van der Waals surface area contributed by atoms with Gasteiger partial charge in [0.2, 0.25) is 6.29 Å². The van der Waals surface area contributed by atoms with Crippen molar-refractivity contribution in [3.05, 3.63) is 0 Å². The van der Waals surface area contributed by atoms with Gasteiger partial charge >= 0.3 is 5.97 Å². The molecular formula is C16H29BrO3. The Morgan fingerprint density at radius 3 is 2.25 bits per heavy atom. The lowest BCUT2D eigenvalue weighted by Crippen LogP contribution is -2.25. The predicted octanol–water partition coefficient (Wildman–Crippen LogP) is 4.96. The van der Waals surface area contributed by atoms with Crippen molar-refractivity contribution in [1.29, 1.82) is 0 Å². The van der Waals surface area contributed by atoms with E-state index in [1.165, 1.54) is 38.5 Å². The number of carbonyl (C=O) groups excluding carboxylic acids is 1. The van der Waals surface area contributed by atoms with E-state index in [0.717, 1.165) is 44.0 Å². The average molecular weight is 349 g/mol. The molecule has 1 fully saturated rings. The maximum atomic E-state index is 11.6. The van der Waals surface area contributed by atoms with E-state index in [1.807, 2.05) is 0 Å². The number of ether oxygens (including phenoxy) is 2. The van der Waals surface area contributed by atoms with Crippen molar-refractivity contribution in [3.63, 3.8) is 0 Å². The number of rotatable bonds is 11. The lowest BCUT2D eigenvalue weighted by atomic mass is 10.1. The molecular weight excluding hydrogens is 320 g/mol. The highest BCUT2D eigenvalue weighted by atomic mass is 79.9. The Hall–Kier alpha value is -0.0900. The number of halogens is 1. The lowest BCUT2D eigenvalue weighted by Gasteiger charge is -2.22. The van der Waals surface area contributed by atoms with Gasteiger partial charge in [0, 0.05) is 18.2 Å². The molecule has 1 heterocycles. The highest BCUT2D eigenvalue weighted by Gasteiger charge is 2.17. The first kappa shape index (κ1) is 18.0. The van der Waals surface area contributed by atoms with Crippen LogP contribution in [0.3, 0.4) is 0 Å². The fourth-order valence-corrected chi connectivity index (χ4v) is 2.83. The number of unbranched alkanes of at least 4 members (excludes halogenated alkanes) is 7. The van der Waals surface area contributed by atoms with Crippen LogP contribution in [0.1, 0.15) is 77.0 Å². The number of hydrogen-bond acceptors (Lipinski definition) is 3. The van der Waals surface area contributed by atoms with Crippen LogP contribution in [0.15, 0.2) is 0 Å². The summed E-state index contributed by atoms with van der Waals surface area (Å²) in [7, 11) is 0. The molecule has 1 atom stereocenters. The van der Waals surface area contributed by atoms with Crippen molar-refractivity contribution >= 4 is 21.9 Å². The first-order valence-corrected chi connectivity index (χ1v) is 9.32. The summed E-state index contributed by atoms with van der Waals surface area (Å²) in [5.74, 6) is -0.0887. The topological polar surface area (TPSA) is 35.5 Å². The standard InChI is InChI=1S/C16H29BrO3/c17-13-9-6-4-2-1-3-5-7-11-15(18)20-16-12-8-10-14-19-16/h16H,1-14H2. The molecule has 0 aromatic carbocycles. The van der Waals surface area contributed by atoms with Crippen molar-refractivity contribution < 1.29 is 14.3 Å². The van der Waals surface area contributed by atoms with Gasteiger partial charge in [-0.3, -0.25) is 4.79 Å². The van der Waals surface area contributed by atoms with E-state index in [9.17, 15) is 4.79 Å². The minimum absolute atomic E-state index is 0.0887. The van der Waals surface area contributed by atoms with Crippen LogP contribution in [0.2, 0.25) is 0 Å². The first-order valence-electron chi connectivity index (χ1n) is 8.20. The summed E-state index contributed by atoms with van der Waals surface area (Å²) in [4.78, 5) is 11.6. The highest BCUT2D eigenvalue weighted by molar-refractivity contribution is 9.09. The van der Waals surface area contributed by atoms with Gasteiger partial charge in [0.25, 0.3) is 0 Å². The summed E-state index contributed by atoms with van der Waals surface area (Å²) in [6.45, 7) is 0.729. The van der Waals surface area contributed by atoms with Gasteiger partial charge in [-0.1, -0.05) is 54.5 Å². The number of esters is 1. The van der Waals surface area contributed by atoms with E-state index in [0.29, 0.717) is 6.42 Å². The Morgan fingerprint density at radius 2 is 1.65 bits per heavy atom. The largest absolute Gasteiger partial charge is 0.436 e. The second-order valence-electron chi connectivity index (χ2n) is 5.55. The fraction of sp³-hybridized carbons (Fsp3) is 0.938. The van der Waals surface area contributed by atoms with Crippen LogP contribution in [0.25, 0.3) is 0 Å². The van der Waals surface area contributed by atoms with Crippen molar-refractivity contribution in [2.45, 2.75) is 83.3 Å². The van der Waals surface area contributed by atoms with Gasteiger partial charge in [-0.2, -0.15) is 0 Å². The Kier molecular flexibility index (Phi) is 11.3. The number of carbonyl (C=O) groups is 1. The Bertz CT molecular complexity index is 240. The first-order chi connectivity index (χ1) is 9.83. The van der Waals surface area contributed by atoms with Crippen LogP contribution in [-0.4, -0.2) is 24.2 Å². The minimum Gasteiger partial charge on any atom is -0.436 e. The summed E-state index contributed by atoms with van der Waals surface area (Å²) < 4.78 is 10.7. The zero-order valence-corrected chi connectivity index (χ0v) is 14.2. The van der Waals surface area contributed by atoms with Crippen molar-refractivity contribution in [3.8, 4) is 0 Å². The third-order valence-corrected chi connectivity index (χ3v) is 4.23. The Labute approximate surface area is 131 Å². The average Bonchev–Trinajstić information content (AvgIpc) is 2.46. The minimum atomic E-state index is -0.273.